The molecule has 0 saturated heterocycles. The summed E-state index contributed by atoms with van der Waals surface area (Å²) in [5.41, 5.74) is 3.68. The van der Waals surface area contributed by atoms with Crippen molar-refractivity contribution in [3.63, 3.8) is 0 Å². The monoisotopic (exact) mass is 164 g/mol. The lowest BCUT2D eigenvalue weighted by Crippen LogP contribution is -2.14. The van der Waals surface area contributed by atoms with Crippen LogP contribution in [0.4, 0.5) is 0 Å². The second-order valence-corrected chi connectivity index (χ2v) is 4.90. The minimum Gasteiger partial charge on any atom is -0.0707 e. The Kier molecular flexibility index (Phi) is 2.25. The van der Waals surface area contributed by atoms with Gasteiger partial charge in [-0.05, 0) is 50.4 Å². The second kappa shape index (κ2) is 3.24. The van der Waals surface area contributed by atoms with Crippen LogP contribution in [0.15, 0.2) is 11.1 Å². The Bertz CT molecular complexity index is 178. The van der Waals surface area contributed by atoms with Crippen LogP contribution in [0.3, 0.4) is 0 Å². The fourth-order valence-corrected chi connectivity index (χ4v) is 2.73. The van der Waals surface area contributed by atoms with Gasteiger partial charge in [0.05, 0.1) is 0 Å². The Labute approximate surface area is 76.1 Å². The molecule has 0 aromatic carbocycles. The van der Waals surface area contributed by atoms with Gasteiger partial charge in [-0.15, -0.1) is 0 Å². The van der Waals surface area contributed by atoms with Gasteiger partial charge in [-0.25, -0.2) is 0 Å². The summed E-state index contributed by atoms with van der Waals surface area (Å²) >= 11 is 0. The quantitative estimate of drug-likeness (QED) is 0.476. The highest BCUT2D eigenvalue weighted by Crippen LogP contribution is 2.39. The van der Waals surface area contributed by atoms with E-state index in [0.29, 0.717) is 0 Å². The zero-order chi connectivity index (χ0) is 8.55. The molecule has 2 aliphatic carbocycles. The minimum atomic E-state index is 0.970. The van der Waals surface area contributed by atoms with Crippen LogP contribution in [0.1, 0.15) is 52.4 Å². The maximum atomic E-state index is 2.40. The van der Waals surface area contributed by atoms with Crippen molar-refractivity contribution in [2.75, 3.05) is 0 Å². The van der Waals surface area contributed by atoms with Gasteiger partial charge >= 0.3 is 0 Å². The first-order valence-corrected chi connectivity index (χ1v) is 5.45. The maximum absolute atomic E-state index is 2.40. The zero-order valence-corrected chi connectivity index (χ0v) is 8.40. The summed E-state index contributed by atoms with van der Waals surface area (Å²) in [4.78, 5) is 0. The molecule has 0 fully saturated rings. The second-order valence-electron chi connectivity index (χ2n) is 4.90. The first-order chi connectivity index (χ1) is 5.75. The molecule has 2 unspecified atom stereocenters. The average molecular weight is 164 g/mol. The largest absolute Gasteiger partial charge is 0.0707 e. The van der Waals surface area contributed by atoms with Gasteiger partial charge in [0, 0.05) is 0 Å². The van der Waals surface area contributed by atoms with E-state index >= 15 is 0 Å². The van der Waals surface area contributed by atoms with E-state index < -0.39 is 0 Å². The summed E-state index contributed by atoms with van der Waals surface area (Å²) < 4.78 is 0. The highest BCUT2D eigenvalue weighted by atomic mass is 14.3. The van der Waals surface area contributed by atoms with Crippen molar-refractivity contribution in [1.29, 1.82) is 0 Å². The predicted octanol–water partition coefficient (Wildman–Crippen LogP) is 3.92. The molecule has 0 aromatic heterocycles. The van der Waals surface area contributed by atoms with Gasteiger partial charge in [-0.2, -0.15) is 0 Å². The van der Waals surface area contributed by atoms with Gasteiger partial charge in [0.1, 0.15) is 0 Å². The Morgan fingerprint density at radius 3 is 1.67 bits per heavy atom. The van der Waals surface area contributed by atoms with E-state index in [-0.39, 0.29) is 0 Å². The topological polar surface area (TPSA) is 0 Å². The summed E-state index contributed by atoms with van der Waals surface area (Å²) in [6, 6.07) is 0. The van der Waals surface area contributed by atoms with E-state index in [1.807, 2.05) is 11.1 Å². The number of allylic oxidation sites excluding steroid dienone is 2. The lowest BCUT2D eigenvalue weighted by atomic mass is 9.75. The number of hydrogen-bond acceptors (Lipinski definition) is 0. The van der Waals surface area contributed by atoms with Crippen LogP contribution in [0, 0.1) is 11.8 Å². The summed E-state index contributed by atoms with van der Waals surface area (Å²) in [5, 5.41) is 0. The highest BCUT2D eigenvalue weighted by Gasteiger charge is 2.22. The van der Waals surface area contributed by atoms with Crippen molar-refractivity contribution in [3.8, 4) is 0 Å². The van der Waals surface area contributed by atoms with Crippen molar-refractivity contribution in [3.05, 3.63) is 11.1 Å². The van der Waals surface area contributed by atoms with Gasteiger partial charge in [0.15, 0.2) is 0 Å². The predicted molar refractivity (Wildman–Crippen MR) is 53.1 cm³/mol. The third-order valence-electron chi connectivity index (χ3n) is 3.57. The Morgan fingerprint density at radius 2 is 1.25 bits per heavy atom. The van der Waals surface area contributed by atoms with Crippen molar-refractivity contribution >= 4 is 0 Å². The summed E-state index contributed by atoms with van der Waals surface area (Å²) in [6.45, 7) is 4.81. The molecule has 2 atom stereocenters. The highest BCUT2D eigenvalue weighted by molar-refractivity contribution is 5.20. The lowest BCUT2D eigenvalue weighted by molar-refractivity contribution is 0.407. The molecular formula is C12H20. The zero-order valence-electron chi connectivity index (χ0n) is 8.40. The molecule has 0 N–H and O–H groups in total. The third-order valence-corrected chi connectivity index (χ3v) is 3.57. The molecule has 0 heterocycles. The van der Waals surface area contributed by atoms with Gasteiger partial charge in [-0.1, -0.05) is 25.0 Å². The van der Waals surface area contributed by atoms with E-state index in [1.165, 1.54) is 38.5 Å². The molecule has 0 nitrogen and oxygen atoms in total. The Hall–Kier alpha value is -0.260. The fraction of sp³-hybridized carbons (Fsp3) is 0.833. The summed E-state index contributed by atoms with van der Waals surface area (Å²) in [7, 11) is 0. The van der Waals surface area contributed by atoms with E-state index in [2.05, 4.69) is 13.8 Å². The molecule has 2 aliphatic rings. The van der Waals surface area contributed by atoms with Gasteiger partial charge in [0.25, 0.3) is 0 Å². The maximum Gasteiger partial charge on any atom is -0.0292 e. The third kappa shape index (κ3) is 1.57. The Morgan fingerprint density at radius 1 is 0.833 bits per heavy atom. The molecule has 0 saturated carbocycles. The van der Waals surface area contributed by atoms with E-state index in [4.69, 9.17) is 0 Å². The SMILES string of the molecule is CC1CCC2=C(CCC(C)C2)C1. The van der Waals surface area contributed by atoms with Gasteiger partial charge < -0.3 is 0 Å². The summed E-state index contributed by atoms with van der Waals surface area (Å²) in [5.74, 6) is 1.94. The molecule has 0 heteroatoms. The normalized spacial score (nSPS) is 36.5. The standard InChI is InChI=1S/C12H20/c1-9-3-5-12-8-10(2)4-6-11(12)7-9/h9-10H,3-8H2,1-2H3. The van der Waals surface area contributed by atoms with E-state index in [9.17, 15) is 0 Å². The van der Waals surface area contributed by atoms with Crippen molar-refractivity contribution in [2.45, 2.75) is 52.4 Å². The molecule has 12 heavy (non-hydrogen) atoms. The smallest absolute Gasteiger partial charge is 0.0292 e. The molecule has 0 aromatic rings. The Balaban J connectivity index is 2.11. The summed E-state index contributed by atoms with van der Waals surface area (Å²) in [6.07, 6.45) is 8.57. The first-order valence-electron chi connectivity index (χ1n) is 5.45. The minimum absolute atomic E-state index is 0.970. The van der Waals surface area contributed by atoms with Crippen LogP contribution in [-0.2, 0) is 0 Å². The van der Waals surface area contributed by atoms with Crippen LogP contribution in [0.25, 0.3) is 0 Å². The number of rotatable bonds is 0. The number of hydrogen-bond donors (Lipinski definition) is 0. The molecule has 0 amide bonds. The van der Waals surface area contributed by atoms with Crippen LogP contribution in [0.5, 0.6) is 0 Å². The molecule has 2 rings (SSSR count). The first kappa shape index (κ1) is 8.34. The van der Waals surface area contributed by atoms with Crippen LogP contribution in [-0.4, -0.2) is 0 Å². The molecule has 0 aliphatic heterocycles. The van der Waals surface area contributed by atoms with Crippen molar-refractivity contribution in [2.24, 2.45) is 11.8 Å². The average Bonchev–Trinajstić information content (AvgIpc) is 2.05. The van der Waals surface area contributed by atoms with E-state index in [1.54, 1.807) is 0 Å². The van der Waals surface area contributed by atoms with Gasteiger partial charge in [-0.3, -0.25) is 0 Å². The lowest BCUT2D eigenvalue weighted by Gasteiger charge is -2.31. The van der Waals surface area contributed by atoms with Crippen molar-refractivity contribution in [1.82, 2.24) is 0 Å². The van der Waals surface area contributed by atoms with Crippen LogP contribution < -0.4 is 0 Å². The molecule has 0 bridgehead atoms. The molecule has 0 radical (unpaired) electrons. The van der Waals surface area contributed by atoms with Crippen molar-refractivity contribution < 1.29 is 0 Å². The molecule has 68 valence electrons. The fourth-order valence-electron chi connectivity index (χ4n) is 2.73. The molecular weight excluding hydrogens is 144 g/mol. The van der Waals surface area contributed by atoms with Gasteiger partial charge in [0.2, 0.25) is 0 Å². The van der Waals surface area contributed by atoms with E-state index in [0.717, 1.165) is 11.8 Å². The van der Waals surface area contributed by atoms with Crippen LogP contribution >= 0.6 is 0 Å². The van der Waals surface area contributed by atoms with Crippen LogP contribution in [0.2, 0.25) is 0 Å². The molecule has 0 spiro atoms.